The van der Waals surface area contributed by atoms with E-state index < -0.39 is 10.0 Å². The Bertz CT molecular complexity index is 820. The fourth-order valence-corrected chi connectivity index (χ4v) is 4.39. The Morgan fingerprint density at radius 1 is 1.17 bits per heavy atom. The van der Waals surface area contributed by atoms with E-state index in [4.69, 9.17) is 11.6 Å². The quantitative estimate of drug-likeness (QED) is 0.833. The van der Waals surface area contributed by atoms with Crippen molar-refractivity contribution in [1.29, 1.82) is 0 Å². The van der Waals surface area contributed by atoms with Crippen molar-refractivity contribution in [3.63, 3.8) is 0 Å². The highest BCUT2D eigenvalue weighted by Crippen LogP contribution is 2.28. The Kier molecular flexibility index (Phi) is 4.02. The van der Waals surface area contributed by atoms with Crippen LogP contribution < -0.4 is 0 Å². The third-order valence-electron chi connectivity index (χ3n) is 3.99. The van der Waals surface area contributed by atoms with Crippen LogP contribution in [0.15, 0.2) is 35.4 Å². The summed E-state index contributed by atoms with van der Waals surface area (Å²) in [5.41, 5.74) is 1.99. The summed E-state index contributed by atoms with van der Waals surface area (Å²) in [6.07, 6.45) is 2.45. The summed E-state index contributed by atoms with van der Waals surface area (Å²) in [7, 11) is -3.51. The number of sulfonamides is 1. The summed E-state index contributed by atoms with van der Waals surface area (Å²) in [4.78, 5) is 0.272. The molecule has 7 heteroatoms. The molecule has 0 N–H and O–H groups in total. The molecule has 3 rings (SSSR count). The van der Waals surface area contributed by atoms with Gasteiger partial charge in [-0.3, -0.25) is 4.68 Å². The molecule has 1 aromatic carbocycles. The van der Waals surface area contributed by atoms with Crippen molar-refractivity contribution < 1.29 is 8.42 Å². The molecule has 0 amide bonds. The molecule has 2 aromatic rings. The lowest BCUT2D eigenvalue weighted by molar-refractivity contribution is 0.325. The minimum atomic E-state index is -3.51. The van der Waals surface area contributed by atoms with E-state index >= 15 is 0 Å². The van der Waals surface area contributed by atoms with Crippen molar-refractivity contribution >= 4 is 21.6 Å². The molecule has 0 spiro atoms. The van der Waals surface area contributed by atoms with Crippen LogP contribution >= 0.6 is 11.6 Å². The number of hydrogen-bond acceptors (Lipinski definition) is 3. The van der Waals surface area contributed by atoms with Gasteiger partial charge in [0.25, 0.3) is 0 Å². The Labute approximate surface area is 141 Å². The Morgan fingerprint density at radius 3 is 2.43 bits per heavy atom. The van der Waals surface area contributed by atoms with Gasteiger partial charge in [-0.05, 0) is 45.0 Å². The summed E-state index contributed by atoms with van der Waals surface area (Å²) in [5.74, 6) is 0. The molecule has 0 atom stereocenters. The summed E-state index contributed by atoms with van der Waals surface area (Å²) < 4.78 is 29.0. The first-order chi connectivity index (χ1) is 10.7. The maximum Gasteiger partial charge on any atom is 0.243 e. The monoisotopic (exact) mass is 353 g/mol. The molecule has 0 fully saturated rings. The summed E-state index contributed by atoms with van der Waals surface area (Å²) >= 11 is 5.84. The third kappa shape index (κ3) is 3.03. The topological polar surface area (TPSA) is 55.2 Å². The van der Waals surface area contributed by atoms with Crippen molar-refractivity contribution in [2.24, 2.45) is 0 Å². The van der Waals surface area contributed by atoms with Crippen LogP contribution in [-0.4, -0.2) is 29.0 Å². The van der Waals surface area contributed by atoms with E-state index in [1.54, 1.807) is 30.5 Å². The van der Waals surface area contributed by atoms with Gasteiger partial charge < -0.3 is 0 Å². The van der Waals surface area contributed by atoms with E-state index in [2.05, 4.69) is 25.9 Å². The first kappa shape index (κ1) is 16.5. The molecule has 0 bridgehead atoms. The number of aromatic nitrogens is 2. The van der Waals surface area contributed by atoms with Gasteiger partial charge in [-0.1, -0.05) is 11.6 Å². The van der Waals surface area contributed by atoms with E-state index in [-0.39, 0.29) is 10.4 Å². The van der Waals surface area contributed by atoms with Crippen LogP contribution in [-0.2, 0) is 28.5 Å². The largest absolute Gasteiger partial charge is 0.264 e. The molecule has 0 saturated carbocycles. The van der Waals surface area contributed by atoms with E-state index in [9.17, 15) is 8.42 Å². The van der Waals surface area contributed by atoms with Crippen molar-refractivity contribution in [3.05, 3.63) is 46.7 Å². The Balaban J connectivity index is 1.90. The number of fused-ring (bicyclic) bond motifs is 1. The molecule has 0 unspecified atom stereocenters. The first-order valence-electron chi connectivity index (χ1n) is 7.51. The van der Waals surface area contributed by atoms with Gasteiger partial charge in [-0.2, -0.15) is 9.40 Å². The fraction of sp³-hybridized carbons (Fsp3) is 0.438. The molecular weight excluding hydrogens is 334 g/mol. The molecule has 1 aromatic heterocycles. The minimum Gasteiger partial charge on any atom is -0.264 e. The maximum absolute atomic E-state index is 12.8. The highest BCUT2D eigenvalue weighted by molar-refractivity contribution is 7.89. The third-order valence-corrected chi connectivity index (χ3v) is 6.10. The van der Waals surface area contributed by atoms with Crippen LogP contribution in [0.5, 0.6) is 0 Å². The second-order valence-electron chi connectivity index (χ2n) is 6.74. The van der Waals surface area contributed by atoms with Crippen LogP contribution in [0.4, 0.5) is 0 Å². The van der Waals surface area contributed by atoms with Crippen LogP contribution in [0.1, 0.15) is 32.0 Å². The van der Waals surface area contributed by atoms with E-state index in [0.29, 0.717) is 24.5 Å². The van der Waals surface area contributed by atoms with Gasteiger partial charge in [-0.25, -0.2) is 8.42 Å². The maximum atomic E-state index is 12.8. The lowest BCUT2D eigenvalue weighted by Gasteiger charge is -2.29. The molecule has 2 heterocycles. The predicted molar refractivity (Wildman–Crippen MR) is 90.0 cm³/mol. The van der Waals surface area contributed by atoms with Crippen LogP contribution in [0.3, 0.4) is 0 Å². The van der Waals surface area contributed by atoms with Crippen LogP contribution in [0.2, 0.25) is 5.02 Å². The summed E-state index contributed by atoms with van der Waals surface area (Å²) in [5, 5.41) is 4.97. The van der Waals surface area contributed by atoms with Gasteiger partial charge in [0.05, 0.1) is 16.6 Å². The Hall–Kier alpha value is -1.37. The van der Waals surface area contributed by atoms with Gasteiger partial charge in [0.1, 0.15) is 0 Å². The van der Waals surface area contributed by atoms with Crippen LogP contribution in [0.25, 0.3) is 0 Å². The van der Waals surface area contributed by atoms with Gasteiger partial charge >= 0.3 is 0 Å². The van der Waals surface area contributed by atoms with E-state index in [1.165, 1.54) is 4.31 Å². The normalized spacial score (nSPS) is 16.3. The van der Waals surface area contributed by atoms with Gasteiger partial charge in [0.15, 0.2) is 0 Å². The average Bonchev–Trinajstić information content (AvgIpc) is 2.90. The fourth-order valence-electron chi connectivity index (χ4n) is 2.84. The SMILES string of the molecule is CC(C)(C)n1ncc2c1CCN(S(=O)(=O)c1ccc(Cl)cc1)C2. The summed E-state index contributed by atoms with van der Waals surface area (Å²) in [6.45, 7) is 7.10. The number of halogens is 1. The lowest BCUT2D eigenvalue weighted by Crippen LogP contribution is -2.37. The second kappa shape index (κ2) is 5.61. The van der Waals surface area contributed by atoms with Crippen LogP contribution in [0, 0.1) is 0 Å². The van der Waals surface area contributed by atoms with Crippen molar-refractivity contribution in [2.45, 2.75) is 44.2 Å². The zero-order valence-corrected chi connectivity index (χ0v) is 15.0. The standard InChI is InChI=1S/C16H20ClN3O2S/c1-16(2,3)20-15-8-9-19(11-12(15)10-18-20)23(21,22)14-6-4-13(17)5-7-14/h4-7,10H,8-9,11H2,1-3H3. The van der Waals surface area contributed by atoms with Crippen molar-refractivity contribution in [1.82, 2.24) is 14.1 Å². The molecule has 5 nitrogen and oxygen atoms in total. The van der Waals surface area contributed by atoms with Crippen molar-refractivity contribution in [3.8, 4) is 0 Å². The smallest absolute Gasteiger partial charge is 0.243 e. The molecule has 1 aliphatic heterocycles. The van der Waals surface area contributed by atoms with Gasteiger partial charge in [-0.15, -0.1) is 0 Å². The predicted octanol–water partition coefficient (Wildman–Crippen LogP) is 3.04. The van der Waals surface area contributed by atoms with Gasteiger partial charge in [0, 0.05) is 35.8 Å². The second-order valence-corrected chi connectivity index (χ2v) is 9.12. The lowest BCUT2D eigenvalue weighted by atomic mass is 10.1. The van der Waals surface area contributed by atoms with E-state index in [0.717, 1.165) is 11.3 Å². The van der Waals surface area contributed by atoms with Gasteiger partial charge in [0.2, 0.25) is 10.0 Å². The van der Waals surface area contributed by atoms with Crippen molar-refractivity contribution in [2.75, 3.05) is 6.54 Å². The molecule has 1 aliphatic rings. The summed E-state index contributed by atoms with van der Waals surface area (Å²) in [6, 6.07) is 6.29. The number of benzene rings is 1. The number of nitrogens with zero attached hydrogens (tertiary/aromatic N) is 3. The molecule has 124 valence electrons. The molecule has 0 saturated heterocycles. The number of rotatable bonds is 2. The first-order valence-corrected chi connectivity index (χ1v) is 9.33. The number of hydrogen-bond donors (Lipinski definition) is 0. The molecule has 0 aliphatic carbocycles. The minimum absolute atomic E-state index is 0.106. The van der Waals surface area contributed by atoms with E-state index in [1.807, 2.05) is 4.68 Å². The highest BCUT2D eigenvalue weighted by atomic mass is 35.5. The molecule has 0 radical (unpaired) electrons. The average molecular weight is 354 g/mol. The zero-order chi connectivity index (χ0) is 16.8. The highest BCUT2D eigenvalue weighted by Gasteiger charge is 2.31. The molecule has 23 heavy (non-hydrogen) atoms. The Morgan fingerprint density at radius 2 is 1.83 bits per heavy atom. The molecular formula is C16H20ClN3O2S. The zero-order valence-electron chi connectivity index (χ0n) is 13.5.